The first-order valence-electron chi connectivity index (χ1n) is 2.98. The van der Waals surface area contributed by atoms with Crippen LogP contribution in [0.2, 0.25) is 0 Å². The normalized spacial score (nSPS) is 11.7. The quantitative estimate of drug-likeness (QED) is 0.552. The molecule has 0 fully saturated rings. The third-order valence-electron chi connectivity index (χ3n) is 0.834. The van der Waals surface area contributed by atoms with Crippen molar-refractivity contribution >= 4 is 5.91 Å². The lowest BCUT2D eigenvalue weighted by molar-refractivity contribution is -0.120. The standard InChI is InChI=1S/C6H10N2O2/c1-5(9)4-8-6(10)2-3-7/h5,9H,2,4H2,1H3,(H,8,10)/t5-/m0/s1. The molecule has 2 N–H and O–H groups in total. The van der Waals surface area contributed by atoms with Gasteiger partial charge in [-0.2, -0.15) is 5.26 Å². The third kappa shape index (κ3) is 5.06. The number of nitriles is 1. The maximum Gasteiger partial charge on any atom is 0.234 e. The molecular weight excluding hydrogens is 132 g/mol. The molecular formula is C6H10N2O2. The second-order valence-corrected chi connectivity index (χ2v) is 1.99. The van der Waals surface area contributed by atoms with Crippen molar-refractivity contribution in [1.82, 2.24) is 5.32 Å². The first-order valence-corrected chi connectivity index (χ1v) is 2.98. The Bertz CT molecular complexity index is 148. The Morgan fingerprint density at radius 1 is 1.90 bits per heavy atom. The average molecular weight is 142 g/mol. The Kier molecular flexibility index (Phi) is 4.25. The lowest BCUT2D eigenvalue weighted by atomic mass is 10.4. The summed E-state index contributed by atoms with van der Waals surface area (Å²) < 4.78 is 0. The molecule has 0 aliphatic heterocycles. The molecule has 10 heavy (non-hydrogen) atoms. The molecule has 1 amide bonds. The van der Waals surface area contributed by atoms with Gasteiger partial charge < -0.3 is 10.4 Å². The summed E-state index contributed by atoms with van der Waals surface area (Å²) >= 11 is 0. The highest BCUT2D eigenvalue weighted by molar-refractivity contribution is 5.77. The zero-order valence-corrected chi connectivity index (χ0v) is 5.79. The molecule has 0 unspecified atom stereocenters. The lowest BCUT2D eigenvalue weighted by Crippen LogP contribution is -2.29. The Labute approximate surface area is 59.5 Å². The van der Waals surface area contributed by atoms with Crippen molar-refractivity contribution in [2.24, 2.45) is 0 Å². The van der Waals surface area contributed by atoms with Gasteiger partial charge in [0.1, 0.15) is 6.42 Å². The molecule has 0 aromatic rings. The van der Waals surface area contributed by atoms with Gasteiger partial charge in [0.05, 0.1) is 12.2 Å². The fourth-order valence-electron chi connectivity index (χ4n) is 0.396. The maximum absolute atomic E-state index is 10.5. The second-order valence-electron chi connectivity index (χ2n) is 1.99. The van der Waals surface area contributed by atoms with Crippen LogP contribution in [0.3, 0.4) is 0 Å². The molecule has 0 heterocycles. The van der Waals surface area contributed by atoms with E-state index in [2.05, 4.69) is 5.32 Å². The van der Waals surface area contributed by atoms with Crippen LogP contribution in [0.5, 0.6) is 0 Å². The van der Waals surface area contributed by atoms with Crippen molar-refractivity contribution in [3.05, 3.63) is 0 Å². The van der Waals surface area contributed by atoms with E-state index in [0.29, 0.717) is 0 Å². The van der Waals surface area contributed by atoms with E-state index in [1.807, 2.05) is 0 Å². The maximum atomic E-state index is 10.5. The number of rotatable bonds is 3. The number of hydrogen-bond acceptors (Lipinski definition) is 3. The lowest BCUT2D eigenvalue weighted by Gasteiger charge is -2.03. The number of aliphatic hydroxyl groups excluding tert-OH is 1. The van der Waals surface area contributed by atoms with E-state index in [1.54, 1.807) is 13.0 Å². The van der Waals surface area contributed by atoms with E-state index in [4.69, 9.17) is 10.4 Å². The van der Waals surface area contributed by atoms with Crippen LogP contribution >= 0.6 is 0 Å². The largest absolute Gasteiger partial charge is 0.392 e. The summed E-state index contributed by atoms with van der Waals surface area (Å²) in [5.41, 5.74) is 0. The summed E-state index contributed by atoms with van der Waals surface area (Å²) in [6.07, 6.45) is -0.699. The molecule has 0 aromatic carbocycles. The van der Waals surface area contributed by atoms with Gasteiger partial charge in [-0.25, -0.2) is 0 Å². The van der Waals surface area contributed by atoms with Crippen LogP contribution in [0.15, 0.2) is 0 Å². The zero-order valence-electron chi connectivity index (χ0n) is 5.79. The van der Waals surface area contributed by atoms with Gasteiger partial charge in [-0.05, 0) is 6.92 Å². The van der Waals surface area contributed by atoms with Gasteiger partial charge in [0, 0.05) is 6.54 Å². The first-order chi connectivity index (χ1) is 4.66. The molecule has 4 nitrogen and oxygen atoms in total. The van der Waals surface area contributed by atoms with Crippen molar-refractivity contribution in [2.45, 2.75) is 19.4 Å². The van der Waals surface area contributed by atoms with E-state index in [1.165, 1.54) is 0 Å². The van der Waals surface area contributed by atoms with Gasteiger partial charge in [0.2, 0.25) is 5.91 Å². The molecule has 56 valence electrons. The highest BCUT2D eigenvalue weighted by Gasteiger charge is 2.00. The van der Waals surface area contributed by atoms with Crippen LogP contribution < -0.4 is 5.32 Å². The van der Waals surface area contributed by atoms with E-state index < -0.39 is 6.10 Å². The minimum Gasteiger partial charge on any atom is -0.392 e. The minimum absolute atomic E-state index is 0.146. The molecule has 0 rings (SSSR count). The SMILES string of the molecule is C[C@H](O)CNC(=O)CC#N. The topological polar surface area (TPSA) is 73.1 Å². The zero-order chi connectivity index (χ0) is 7.98. The summed E-state index contributed by atoms with van der Waals surface area (Å²) in [7, 11) is 0. The molecule has 1 atom stereocenters. The summed E-state index contributed by atoms with van der Waals surface area (Å²) in [6.45, 7) is 1.77. The van der Waals surface area contributed by atoms with Crippen molar-refractivity contribution in [3.63, 3.8) is 0 Å². The minimum atomic E-state index is -0.553. The molecule has 0 aliphatic carbocycles. The summed E-state index contributed by atoms with van der Waals surface area (Å²) in [4.78, 5) is 10.5. The smallest absolute Gasteiger partial charge is 0.234 e. The van der Waals surface area contributed by atoms with Gasteiger partial charge >= 0.3 is 0 Å². The molecule has 0 saturated heterocycles. The fraction of sp³-hybridized carbons (Fsp3) is 0.667. The van der Waals surface area contributed by atoms with Gasteiger partial charge in [0.15, 0.2) is 0 Å². The Hall–Kier alpha value is -1.08. The van der Waals surface area contributed by atoms with Crippen molar-refractivity contribution in [2.75, 3.05) is 6.54 Å². The average Bonchev–Trinajstić information content (AvgIpc) is 1.85. The molecule has 0 radical (unpaired) electrons. The van der Waals surface area contributed by atoms with Gasteiger partial charge in [-0.3, -0.25) is 4.79 Å². The van der Waals surface area contributed by atoms with Gasteiger partial charge in [-0.15, -0.1) is 0 Å². The molecule has 0 aromatic heterocycles. The summed E-state index contributed by atoms with van der Waals surface area (Å²) in [6, 6.07) is 1.70. The highest BCUT2D eigenvalue weighted by atomic mass is 16.3. The van der Waals surface area contributed by atoms with E-state index in [-0.39, 0.29) is 18.9 Å². The molecule has 0 bridgehead atoms. The van der Waals surface area contributed by atoms with Crippen LogP contribution in [0.4, 0.5) is 0 Å². The highest BCUT2D eigenvalue weighted by Crippen LogP contribution is 1.78. The van der Waals surface area contributed by atoms with Crippen LogP contribution in [-0.4, -0.2) is 23.7 Å². The predicted octanol–water partition coefficient (Wildman–Crippen LogP) is -0.603. The number of nitrogens with zero attached hydrogens (tertiary/aromatic N) is 1. The fourth-order valence-corrected chi connectivity index (χ4v) is 0.396. The van der Waals surface area contributed by atoms with E-state index >= 15 is 0 Å². The number of amides is 1. The summed E-state index contributed by atoms with van der Waals surface area (Å²) in [5.74, 6) is -0.344. The molecule has 0 aliphatic rings. The molecule has 0 saturated carbocycles. The number of aliphatic hydroxyl groups is 1. The Morgan fingerprint density at radius 3 is 2.90 bits per heavy atom. The predicted molar refractivity (Wildman–Crippen MR) is 34.9 cm³/mol. The number of carbonyl (C=O) groups excluding carboxylic acids is 1. The van der Waals surface area contributed by atoms with Crippen LogP contribution in [0.1, 0.15) is 13.3 Å². The summed E-state index contributed by atoms with van der Waals surface area (Å²) in [5, 5.41) is 19.1. The van der Waals surface area contributed by atoms with Gasteiger partial charge in [0.25, 0.3) is 0 Å². The first kappa shape index (κ1) is 8.92. The van der Waals surface area contributed by atoms with Crippen LogP contribution in [0.25, 0.3) is 0 Å². The molecule has 4 heteroatoms. The Balaban J connectivity index is 3.33. The van der Waals surface area contributed by atoms with E-state index in [9.17, 15) is 4.79 Å². The number of hydrogen-bond donors (Lipinski definition) is 2. The van der Waals surface area contributed by atoms with Gasteiger partial charge in [-0.1, -0.05) is 0 Å². The third-order valence-corrected chi connectivity index (χ3v) is 0.834. The monoisotopic (exact) mass is 142 g/mol. The second kappa shape index (κ2) is 4.77. The van der Waals surface area contributed by atoms with Crippen LogP contribution in [0, 0.1) is 11.3 Å². The van der Waals surface area contributed by atoms with Crippen molar-refractivity contribution < 1.29 is 9.90 Å². The Morgan fingerprint density at radius 2 is 2.50 bits per heavy atom. The number of nitrogens with one attached hydrogen (secondary N) is 1. The number of carbonyl (C=O) groups is 1. The van der Waals surface area contributed by atoms with Crippen molar-refractivity contribution in [1.29, 1.82) is 5.26 Å². The molecule has 0 spiro atoms. The van der Waals surface area contributed by atoms with Crippen molar-refractivity contribution in [3.8, 4) is 6.07 Å². The van der Waals surface area contributed by atoms with E-state index in [0.717, 1.165) is 0 Å². The van der Waals surface area contributed by atoms with Crippen LogP contribution in [-0.2, 0) is 4.79 Å².